The van der Waals surface area contributed by atoms with Crippen molar-refractivity contribution < 1.29 is 4.55 Å². The van der Waals surface area contributed by atoms with Crippen LogP contribution in [0.4, 0.5) is 0 Å². The van der Waals surface area contributed by atoms with E-state index in [1.54, 1.807) is 0 Å². The van der Waals surface area contributed by atoms with Crippen LogP contribution in [-0.2, 0) is 11.4 Å². The zero-order valence-electron chi connectivity index (χ0n) is 7.95. The van der Waals surface area contributed by atoms with Crippen LogP contribution in [0.1, 0.15) is 13.3 Å². The Balaban J connectivity index is 2.35. The van der Waals surface area contributed by atoms with Gasteiger partial charge in [-0.3, -0.25) is 0 Å². The summed E-state index contributed by atoms with van der Waals surface area (Å²) in [5, 5.41) is 0. The van der Waals surface area contributed by atoms with Crippen molar-refractivity contribution >= 4 is 11.4 Å². The van der Waals surface area contributed by atoms with Crippen molar-refractivity contribution in [3.05, 3.63) is 0 Å². The van der Waals surface area contributed by atoms with Gasteiger partial charge in [0.15, 0.2) is 0 Å². The van der Waals surface area contributed by atoms with Crippen molar-refractivity contribution in [3.63, 3.8) is 0 Å². The number of hydrogen-bond acceptors (Lipinski definition) is 3. The second-order valence-electron chi connectivity index (χ2n) is 3.20. The molecule has 1 atom stereocenters. The highest BCUT2D eigenvalue weighted by molar-refractivity contribution is 7.89. The van der Waals surface area contributed by atoms with E-state index < -0.39 is 11.4 Å². The molecule has 1 aliphatic heterocycles. The van der Waals surface area contributed by atoms with E-state index in [1.807, 2.05) is 6.92 Å². The van der Waals surface area contributed by atoms with Gasteiger partial charge in [0.05, 0.1) is 6.54 Å². The van der Waals surface area contributed by atoms with Crippen LogP contribution in [0.25, 0.3) is 0 Å². The summed E-state index contributed by atoms with van der Waals surface area (Å²) in [5.41, 5.74) is 0. The second-order valence-corrected chi connectivity index (χ2v) is 4.93. The van der Waals surface area contributed by atoms with Crippen LogP contribution >= 0.6 is 0 Å². The third-order valence-corrected chi connectivity index (χ3v) is 3.65. The van der Waals surface area contributed by atoms with E-state index in [-0.39, 0.29) is 0 Å². The molecule has 72 valence electrons. The van der Waals surface area contributed by atoms with Gasteiger partial charge in [-0.05, 0) is 26.9 Å². The van der Waals surface area contributed by atoms with Crippen LogP contribution in [0.15, 0.2) is 0 Å². The Morgan fingerprint density at radius 1 is 1.25 bits per heavy atom. The molecule has 1 fully saturated rings. The van der Waals surface area contributed by atoms with Crippen LogP contribution < -0.4 is 0 Å². The predicted molar refractivity (Wildman–Crippen MR) is 52.4 cm³/mol. The molecular formula is C8H18N2OS. The fourth-order valence-corrected chi connectivity index (χ4v) is 2.39. The van der Waals surface area contributed by atoms with Gasteiger partial charge in [-0.15, -0.1) is 4.31 Å². The molecule has 0 amide bonds. The molecule has 0 aromatic carbocycles. The van der Waals surface area contributed by atoms with Crippen LogP contribution in [0, 0.1) is 0 Å². The topological polar surface area (TPSA) is 29.5 Å². The van der Waals surface area contributed by atoms with Gasteiger partial charge in [0.2, 0.25) is 0 Å². The maximum atomic E-state index is 11.4. The summed E-state index contributed by atoms with van der Waals surface area (Å²) < 4.78 is 13.5. The molecular weight excluding hydrogens is 172 g/mol. The minimum Gasteiger partial charge on any atom is -0.598 e. The summed E-state index contributed by atoms with van der Waals surface area (Å²) in [4.78, 5) is 2.30. The SMILES string of the molecule is CC[S+]([O-])N1CCCN(C)CC1. The Bertz CT molecular complexity index is 134. The van der Waals surface area contributed by atoms with Gasteiger partial charge >= 0.3 is 0 Å². The minimum atomic E-state index is -0.733. The summed E-state index contributed by atoms with van der Waals surface area (Å²) in [6.45, 7) is 6.11. The highest BCUT2D eigenvalue weighted by atomic mass is 32.2. The molecule has 1 aliphatic rings. The molecule has 0 saturated carbocycles. The molecule has 4 heteroatoms. The van der Waals surface area contributed by atoms with Crippen molar-refractivity contribution in [1.29, 1.82) is 0 Å². The molecule has 0 aromatic rings. The van der Waals surface area contributed by atoms with Crippen LogP contribution in [0.3, 0.4) is 0 Å². The average molecular weight is 190 g/mol. The molecule has 0 bridgehead atoms. The Labute approximate surface area is 78.0 Å². The minimum absolute atomic E-state index is 0.733. The quantitative estimate of drug-likeness (QED) is 0.587. The van der Waals surface area contributed by atoms with E-state index >= 15 is 0 Å². The van der Waals surface area contributed by atoms with Crippen molar-refractivity contribution in [1.82, 2.24) is 9.21 Å². The smallest absolute Gasteiger partial charge is 0.123 e. The summed E-state index contributed by atoms with van der Waals surface area (Å²) in [7, 11) is 2.12. The predicted octanol–water partition coefficient (Wildman–Crippen LogP) is 0.308. The molecule has 1 heterocycles. The number of nitrogens with zero attached hydrogens (tertiary/aromatic N) is 2. The highest BCUT2D eigenvalue weighted by Crippen LogP contribution is 2.06. The van der Waals surface area contributed by atoms with Gasteiger partial charge in [0.1, 0.15) is 5.75 Å². The van der Waals surface area contributed by atoms with Gasteiger partial charge < -0.3 is 9.45 Å². The molecule has 0 N–H and O–H groups in total. The molecule has 0 spiro atoms. The Morgan fingerprint density at radius 3 is 2.67 bits per heavy atom. The zero-order chi connectivity index (χ0) is 8.97. The van der Waals surface area contributed by atoms with Gasteiger partial charge in [0.25, 0.3) is 0 Å². The maximum Gasteiger partial charge on any atom is 0.123 e. The summed E-state index contributed by atoms with van der Waals surface area (Å²) in [6, 6.07) is 0. The lowest BCUT2D eigenvalue weighted by Crippen LogP contribution is -2.35. The largest absolute Gasteiger partial charge is 0.598 e. The first kappa shape index (κ1) is 10.3. The zero-order valence-corrected chi connectivity index (χ0v) is 8.77. The third-order valence-electron chi connectivity index (χ3n) is 2.21. The molecule has 3 nitrogen and oxygen atoms in total. The summed E-state index contributed by atoms with van der Waals surface area (Å²) in [6.07, 6.45) is 1.14. The van der Waals surface area contributed by atoms with E-state index in [0.717, 1.165) is 38.4 Å². The third kappa shape index (κ3) is 2.94. The normalized spacial score (nSPS) is 25.2. The van der Waals surface area contributed by atoms with Crippen molar-refractivity contribution in [3.8, 4) is 0 Å². The highest BCUT2D eigenvalue weighted by Gasteiger charge is 2.20. The Kier molecular flexibility index (Phi) is 4.35. The molecule has 1 unspecified atom stereocenters. The van der Waals surface area contributed by atoms with E-state index in [9.17, 15) is 4.55 Å². The lowest BCUT2D eigenvalue weighted by atomic mass is 10.4. The van der Waals surface area contributed by atoms with Crippen molar-refractivity contribution in [2.24, 2.45) is 0 Å². The fourth-order valence-electron chi connectivity index (χ4n) is 1.41. The van der Waals surface area contributed by atoms with E-state index in [1.165, 1.54) is 0 Å². The Morgan fingerprint density at radius 2 is 2.00 bits per heavy atom. The Hall–Kier alpha value is 0.230. The fraction of sp³-hybridized carbons (Fsp3) is 1.00. The molecule has 1 rings (SSSR count). The lowest BCUT2D eigenvalue weighted by Gasteiger charge is -2.21. The van der Waals surface area contributed by atoms with Crippen LogP contribution in [0.2, 0.25) is 0 Å². The van der Waals surface area contributed by atoms with Gasteiger partial charge in [-0.25, -0.2) is 0 Å². The van der Waals surface area contributed by atoms with E-state index in [4.69, 9.17) is 0 Å². The van der Waals surface area contributed by atoms with Crippen molar-refractivity contribution in [2.45, 2.75) is 13.3 Å². The lowest BCUT2D eigenvalue weighted by molar-refractivity contribution is 0.347. The van der Waals surface area contributed by atoms with Crippen molar-refractivity contribution in [2.75, 3.05) is 39.0 Å². The van der Waals surface area contributed by atoms with E-state index in [0.29, 0.717) is 0 Å². The standard InChI is InChI=1S/C8H18N2OS/c1-3-12(11)10-6-4-5-9(2)7-8-10/h3-8H2,1-2H3. The number of rotatable bonds is 2. The first-order valence-corrected chi connectivity index (χ1v) is 5.83. The van der Waals surface area contributed by atoms with Crippen LogP contribution in [0.5, 0.6) is 0 Å². The van der Waals surface area contributed by atoms with Crippen LogP contribution in [-0.4, -0.2) is 52.7 Å². The molecule has 1 saturated heterocycles. The van der Waals surface area contributed by atoms with Gasteiger partial charge in [0, 0.05) is 24.5 Å². The number of likely N-dealkylation sites (N-methyl/N-ethyl adjacent to an activating group) is 1. The van der Waals surface area contributed by atoms with Gasteiger partial charge in [-0.1, -0.05) is 0 Å². The second kappa shape index (κ2) is 5.07. The average Bonchev–Trinajstić information content (AvgIpc) is 2.29. The van der Waals surface area contributed by atoms with Gasteiger partial charge in [-0.2, -0.15) is 0 Å². The maximum absolute atomic E-state index is 11.4. The molecule has 12 heavy (non-hydrogen) atoms. The molecule has 0 aromatic heterocycles. The number of hydrogen-bond donors (Lipinski definition) is 0. The monoisotopic (exact) mass is 190 g/mol. The summed E-state index contributed by atoms with van der Waals surface area (Å²) >= 11 is -0.733. The van der Waals surface area contributed by atoms with E-state index in [2.05, 4.69) is 16.3 Å². The summed E-state index contributed by atoms with van der Waals surface area (Å²) in [5.74, 6) is 0.754. The molecule has 0 radical (unpaired) electrons. The molecule has 0 aliphatic carbocycles. The first-order valence-electron chi connectivity index (χ1n) is 4.56. The first-order chi connectivity index (χ1) is 5.74.